The number of thiazole rings is 1. The highest BCUT2D eigenvalue weighted by Crippen LogP contribution is 2.27. The highest BCUT2D eigenvalue weighted by Gasteiger charge is 2.11. The van der Waals surface area contributed by atoms with Gasteiger partial charge in [-0.3, -0.25) is 4.79 Å². The number of rotatable bonds is 5. The molecule has 0 fully saturated rings. The lowest BCUT2D eigenvalue weighted by atomic mass is 10.3. The Labute approximate surface area is 119 Å². The van der Waals surface area contributed by atoms with Crippen molar-refractivity contribution in [2.45, 2.75) is 4.90 Å². The zero-order valence-corrected chi connectivity index (χ0v) is 11.8. The van der Waals surface area contributed by atoms with Crippen molar-refractivity contribution in [3.05, 3.63) is 48.0 Å². The molecule has 0 aliphatic rings. The fourth-order valence-electron chi connectivity index (χ4n) is 1.42. The molecule has 0 saturated carbocycles. The molecule has 3 N–H and O–H groups in total. The minimum atomic E-state index is -0.250. The second kappa shape index (κ2) is 6.40. The molecule has 0 aliphatic heterocycles. The molecule has 1 aromatic carbocycles. The average Bonchev–Trinajstić information content (AvgIpc) is 2.84. The van der Waals surface area contributed by atoms with Crippen LogP contribution in [0.4, 0.5) is 10.8 Å². The number of para-hydroxylation sites is 1. The fourth-order valence-corrected chi connectivity index (χ4v) is 2.71. The van der Waals surface area contributed by atoms with Crippen LogP contribution < -0.4 is 11.1 Å². The topological polar surface area (TPSA) is 68.0 Å². The van der Waals surface area contributed by atoms with Crippen LogP contribution in [0.5, 0.6) is 0 Å². The molecule has 0 spiro atoms. The smallest absolute Gasteiger partial charge is 0.275 e. The van der Waals surface area contributed by atoms with Gasteiger partial charge in [-0.1, -0.05) is 18.2 Å². The molecule has 1 aromatic heterocycles. The number of amides is 1. The summed E-state index contributed by atoms with van der Waals surface area (Å²) in [5.41, 5.74) is 6.63. The summed E-state index contributed by atoms with van der Waals surface area (Å²) in [5, 5.41) is 4.88. The van der Waals surface area contributed by atoms with E-state index >= 15 is 0 Å². The molecule has 19 heavy (non-hydrogen) atoms. The van der Waals surface area contributed by atoms with Gasteiger partial charge < -0.3 is 11.1 Å². The summed E-state index contributed by atoms with van der Waals surface area (Å²) >= 11 is 2.86. The maximum atomic E-state index is 12.0. The number of nitrogen functional groups attached to an aromatic ring is 1. The predicted octanol–water partition coefficient (Wildman–Crippen LogP) is 3.26. The number of nitrogens with one attached hydrogen (secondary N) is 1. The largest absolute Gasteiger partial charge is 0.375 e. The van der Waals surface area contributed by atoms with E-state index in [0.29, 0.717) is 10.8 Å². The number of hydrogen-bond donors (Lipinski definition) is 2. The van der Waals surface area contributed by atoms with Crippen LogP contribution in [-0.4, -0.2) is 16.6 Å². The third-order valence-electron chi connectivity index (χ3n) is 2.25. The Balaban J connectivity index is 2.14. The third kappa shape index (κ3) is 3.59. The second-order valence-electron chi connectivity index (χ2n) is 3.62. The number of anilines is 2. The molecule has 2 rings (SSSR count). The molecule has 0 unspecified atom stereocenters. The summed E-state index contributed by atoms with van der Waals surface area (Å²) in [7, 11) is 0. The van der Waals surface area contributed by atoms with Crippen LogP contribution in [0.15, 0.2) is 47.2 Å². The summed E-state index contributed by atoms with van der Waals surface area (Å²) in [5.74, 6) is 0.538. The minimum Gasteiger partial charge on any atom is -0.375 e. The van der Waals surface area contributed by atoms with E-state index < -0.39 is 0 Å². The van der Waals surface area contributed by atoms with Gasteiger partial charge in [-0.25, -0.2) is 4.98 Å². The van der Waals surface area contributed by atoms with Gasteiger partial charge in [0, 0.05) is 16.0 Å². The predicted molar refractivity (Wildman–Crippen MR) is 81.8 cm³/mol. The van der Waals surface area contributed by atoms with Crippen LogP contribution in [0, 0.1) is 0 Å². The van der Waals surface area contributed by atoms with Gasteiger partial charge in [0.2, 0.25) is 0 Å². The molecule has 0 bridgehead atoms. The van der Waals surface area contributed by atoms with Crippen molar-refractivity contribution in [3.63, 3.8) is 0 Å². The summed E-state index contributed by atoms with van der Waals surface area (Å²) in [6.07, 6.45) is 1.82. The summed E-state index contributed by atoms with van der Waals surface area (Å²) < 4.78 is 0. The summed E-state index contributed by atoms with van der Waals surface area (Å²) in [6, 6.07) is 7.63. The molecule has 0 aliphatic carbocycles. The standard InChI is InChI=1S/C13H13N3OS2/c1-2-7-18-11-6-4-3-5-9(11)15-12(17)10-8-19-13(14)16-10/h2-6,8H,1,7H2,(H2,14,16)(H,15,17). The van der Waals surface area contributed by atoms with E-state index in [4.69, 9.17) is 5.73 Å². The first-order valence-corrected chi connectivity index (χ1v) is 7.42. The molecule has 4 nitrogen and oxygen atoms in total. The number of thioether (sulfide) groups is 1. The lowest BCUT2D eigenvalue weighted by Crippen LogP contribution is -2.13. The zero-order valence-electron chi connectivity index (χ0n) is 10.1. The number of benzene rings is 1. The molecule has 0 radical (unpaired) electrons. The van der Waals surface area contributed by atoms with Crippen LogP contribution in [0.1, 0.15) is 10.5 Å². The third-order valence-corrected chi connectivity index (χ3v) is 3.99. The Hall–Kier alpha value is -1.79. The Bertz CT molecular complexity index is 595. The average molecular weight is 291 g/mol. The van der Waals surface area contributed by atoms with E-state index in [1.54, 1.807) is 17.1 Å². The van der Waals surface area contributed by atoms with Gasteiger partial charge in [0.25, 0.3) is 5.91 Å². The maximum absolute atomic E-state index is 12.0. The van der Waals surface area contributed by atoms with Crippen molar-refractivity contribution >= 4 is 39.8 Å². The molecule has 98 valence electrons. The maximum Gasteiger partial charge on any atom is 0.275 e. The number of carbonyl (C=O) groups excluding carboxylic acids is 1. The van der Waals surface area contributed by atoms with Crippen molar-refractivity contribution in [3.8, 4) is 0 Å². The van der Waals surface area contributed by atoms with Gasteiger partial charge in [-0.15, -0.1) is 29.7 Å². The second-order valence-corrected chi connectivity index (χ2v) is 5.57. The first kappa shape index (κ1) is 13.6. The van der Waals surface area contributed by atoms with Crippen molar-refractivity contribution in [2.75, 3.05) is 16.8 Å². The van der Waals surface area contributed by atoms with E-state index in [2.05, 4.69) is 16.9 Å². The van der Waals surface area contributed by atoms with Gasteiger partial charge in [-0.2, -0.15) is 0 Å². The summed E-state index contributed by atoms with van der Waals surface area (Å²) in [4.78, 5) is 17.0. The van der Waals surface area contributed by atoms with Crippen LogP contribution in [0.2, 0.25) is 0 Å². The molecule has 2 aromatic rings. The first-order chi connectivity index (χ1) is 9.20. The Morgan fingerprint density at radius 3 is 3.00 bits per heavy atom. The quantitative estimate of drug-likeness (QED) is 0.655. The van der Waals surface area contributed by atoms with Crippen molar-refractivity contribution < 1.29 is 4.79 Å². The molecule has 1 heterocycles. The number of aromatic nitrogens is 1. The van der Waals surface area contributed by atoms with Gasteiger partial charge in [-0.05, 0) is 12.1 Å². The van der Waals surface area contributed by atoms with E-state index in [1.807, 2.05) is 30.3 Å². The van der Waals surface area contributed by atoms with Crippen LogP contribution >= 0.6 is 23.1 Å². The molecule has 1 amide bonds. The molecule has 0 saturated heterocycles. The van der Waals surface area contributed by atoms with Crippen LogP contribution in [0.3, 0.4) is 0 Å². The van der Waals surface area contributed by atoms with E-state index in [9.17, 15) is 4.79 Å². The van der Waals surface area contributed by atoms with Crippen molar-refractivity contribution in [1.29, 1.82) is 0 Å². The Morgan fingerprint density at radius 1 is 1.53 bits per heavy atom. The Kier molecular flexibility index (Phi) is 4.59. The fraction of sp³-hybridized carbons (Fsp3) is 0.0769. The monoisotopic (exact) mass is 291 g/mol. The molecule has 6 heteroatoms. The van der Waals surface area contributed by atoms with E-state index in [-0.39, 0.29) is 5.91 Å². The lowest BCUT2D eigenvalue weighted by molar-refractivity contribution is 0.102. The van der Waals surface area contributed by atoms with Gasteiger partial charge in [0.05, 0.1) is 5.69 Å². The molecular formula is C13H13N3OS2. The first-order valence-electron chi connectivity index (χ1n) is 5.56. The van der Waals surface area contributed by atoms with Crippen molar-refractivity contribution in [1.82, 2.24) is 4.98 Å². The highest BCUT2D eigenvalue weighted by molar-refractivity contribution is 7.99. The zero-order chi connectivity index (χ0) is 13.7. The number of nitrogens with two attached hydrogens (primary N) is 1. The van der Waals surface area contributed by atoms with E-state index in [0.717, 1.165) is 16.3 Å². The minimum absolute atomic E-state index is 0.250. The lowest BCUT2D eigenvalue weighted by Gasteiger charge is -2.08. The number of nitrogens with zero attached hydrogens (tertiary/aromatic N) is 1. The number of carbonyl (C=O) groups is 1. The van der Waals surface area contributed by atoms with Crippen LogP contribution in [0.25, 0.3) is 0 Å². The number of hydrogen-bond acceptors (Lipinski definition) is 5. The molecular weight excluding hydrogens is 278 g/mol. The highest BCUT2D eigenvalue weighted by atomic mass is 32.2. The Morgan fingerprint density at radius 2 is 2.32 bits per heavy atom. The van der Waals surface area contributed by atoms with Crippen molar-refractivity contribution in [2.24, 2.45) is 0 Å². The normalized spacial score (nSPS) is 10.1. The summed E-state index contributed by atoms with van der Waals surface area (Å²) in [6.45, 7) is 3.69. The SMILES string of the molecule is C=CCSc1ccccc1NC(=O)c1csc(N)n1. The van der Waals surface area contributed by atoms with Gasteiger partial charge >= 0.3 is 0 Å². The molecule has 0 atom stereocenters. The van der Waals surface area contributed by atoms with Gasteiger partial charge in [0.15, 0.2) is 5.13 Å². The van der Waals surface area contributed by atoms with E-state index in [1.165, 1.54) is 11.3 Å². The van der Waals surface area contributed by atoms with Crippen LogP contribution in [-0.2, 0) is 0 Å². The van der Waals surface area contributed by atoms with Gasteiger partial charge in [0.1, 0.15) is 5.69 Å².